The highest BCUT2D eigenvalue weighted by molar-refractivity contribution is 9.10. The van der Waals surface area contributed by atoms with Gasteiger partial charge in [0.25, 0.3) is 0 Å². The van der Waals surface area contributed by atoms with Crippen LogP contribution >= 0.6 is 15.9 Å². The number of hydrogen-bond acceptors (Lipinski definition) is 4. The molecule has 92 valence electrons. The van der Waals surface area contributed by atoms with E-state index >= 15 is 0 Å². The van der Waals surface area contributed by atoms with E-state index in [0.29, 0.717) is 0 Å². The number of aryl methyl sites for hydroxylation is 1. The summed E-state index contributed by atoms with van der Waals surface area (Å²) in [5, 5.41) is 0. The molecule has 0 aliphatic rings. The van der Waals surface area contributed by atoms with Gasteiger partial charge >= 0.3 is 5.97 Å². The Morgan fingerprint density at radius 3 is 2.94 bits per heavy atom. The standard InChI is InChI=1S/C13H11BrN2O2/c1-9-2-3-11(14)6-10(9)8-18-13(17)12-7-15-4-5-16-12/h2-7H,8H2,1H3. The first-order valence-corrected chi connectivity index (χ1v) is 6.14. The Morgan fingerprint density at radius 1 is 1.39 bits per heavy atom. The average Bonchev–Trinajstić information content (AvgIpc) is 2.40. The van der Waals surface area contributed by atoms with Gasteiger partial charge in [-0.1, -0.05) is 22.0 Å². The number of halogens is 1. The van der Waals surface area contributed by atoms with Gasteiger partial charge in [0.2, 0.25) is 0 Å². The van der Waals surface area contributed by atoms with Crippen molar-refractivity contribution in [2.75, 3.05) is 0 Å². The topological polar surface area (TPSA) is 52.1 Å². The number of carbonyl (C=O) groups is 1. The molecule has 0 aliphatic heterocycles. The normalized spacial score (nSPS) is 10.1. The molecule has 0 N–H and O–H groups in total. The Morgan fingerprint density at radius 2 is 2.22 bits per heavy atom. The Balaban J connectivity index is 2.04. The van der Waals surface area contributed by atoms with Gasteiger partial charge in [-0.05, 0) is 30.2 Å². The highest BCUT2D eigenvalue weighted by Gasteiger charge is 2.09. The van der Waals surface area contributed by atoms with E-state index in [1.165, 1.54) is 18.6 Å². The molecule has 0 aliphatic carbocycles. The molecule has 0 radical (unpaired) electrons. The van der Waals surface area contributed by atoms with Crippen LogP contribution in [-0.2, 0) is 11.3 Å². The number of aromatic nitrogens is 2. The lowest BCUT2D eigenvalue weighted by Crippen LogP contribution is -2.08. The van der Waals surface area contributed by atoms with Gasteiger partial charge in [0.15, 0.2) is 5.69 Å². The highest BCUT2D eigenvalue weighted by atomic mass is 79.9. The monoisotopic (exact) mass is 306 g/mol. The van der Waals surface area contributed by atoms with Gasteiger partial charge in [0.05, 0.1) is 6.20 Å². The number of esters is 1. The van der Waals surface area contributed by atoms with Gasteiger partial charge in [0.1, 0.15) is 6.61 Å². The SMILES string of the molecule is Cc1ccc(Br)cc1COC(=O)c1cnccn1. The summed E-state index contributed by atoms with van der Waals surface area (Å²) in [6, 6.07) is 5.85. The molecule has 0 amide bonds. The van der Waals surface area contributed by atoms with Gasteiger partial charge in [-0.2, -0.15) is 0 Å². The Labute approximate surface area is 113 Å². The van der Waals surface area contributed by atoms with Crippen LogP contribution in [0.3, 0.4) is 0 Å². The first-order chi connectivity index (χ1) is 8.66. The zero-order valence-corrected chi connectivity index (χ0v) is 11.3. The van der Waals surface area contributed by atoms with E-state index in [-0.39, 0.29) is 12.3 Å². The lowest BCUT2D eigenvalue weighted by molar-refractivity contribution is 0.0464. The summed E-state index contributed by atoms with van der Waals surface area (Å²) in [5.41, 5.74) is 2.25. The van der Waals surface area contributed by atoms with Crippen molar-refractivity contribution in [3.63, 3.8) is 0 Å². The quantitative estimate of drug-likeness (QED) is 0.818. The molecule has 0 atom stereocenters. The van der Waals surface area contributed by atoms with Crippen molar-refractivity contribution >= 4 is 21.9 Å². The van der Waals surface area contributed by atoms with Crippen molar-refractivity contribution in [3.8, 4) is 0 Å². The summed E-state index contributed by atoms with van der Waals surface area (Å²) in [6.07, 6.45) is 4.35. The third-order valence-electron chi connectivity index (χ3n) is 2.44. The van der Waals surface area contributed by atoms with Crippen LogP contribution in [0, 0.1) is 6.92 Å². The second-order valence-electron chi connectivity index (χ2n) is 3.74. The molecule has 0 unspecified atom stereocenters. The van der Waals surface area contributed by atoms with Crippen molar-refractivity contribution < 1.29 is 9.53 Å². The van der Waals surface area contributed by atoms with Crippen LogP contribution in [0.15, 0.2) is 41.3 Å². The fourth-order valence-corrected chi connectivity index (χ4v) is 1.83. The molecule has 1 aromatic heterocycles. The molecular weight excluding hydrogens is 296 g/mol. The third kappa shape index (κ3) is 3.13. The van der Waals surface area contributed by atoms with E-state index in [1.54, 1.807) is 0 Å². The minimum Gasteiger partial charge on any atom is -0.456 e. The maximum atomic E-state index is 11.7. The number of hydrogen-bond donors (Lipinski definition) is 0. The highest BCUT2D eigenvalue weighted by Crippen LogP contribution is 2.17. The Hall–Kier alpha value is -1.75. The predicted octanol–water partition coefficient (Wildman–Crippen LogP) is 2.90. The number of rotatable bonds is 3. The molecular formula is C13H11BrN2O2. The molecule has 18 heavy (non-hydrogen) atoms. The molecule has 0 spiro atoms. The fourth-order valence-electron chi connectivity index (χ4n) is 1.42. The summed E-state index contributed by atoms with van der Waals surface area (Å²) in [5.74, 6) is -0.470. The summed E-state index contributed by atoms with van der Waals surface area (Å²) in [6.45, 7) is 2.19. The third-order valence-corrected chi connectivity index (χ3v) is 2.94. The molecule has 0 saturated carbocycles. The molecule has 1 aromatic carbocycles. The van der Waals surface area contributed by atoms with E-state index in [1.807, 2.05) is 25.1 Å². The van der Waals surface area contributed by atoms with E-state index in [9.17, 15) is 4.79 Å². The molecule has 0 bridgehead atoms. The molecule has 4 nitrogen and oxygen atoms in total. The van der Waals surface area contributed by atoms with Gasteiger partial charge in [-0.3, -0.25) is 4.98 Å². The minimum absolute atomic E-state index is 0.213. The first-order valence-electron chi connectivity index (χ1n) is 5.35. The van der Waals surface area contributed by atoms with Crippen LogP contribution in [0.1, 0.15) is 21.6 Å². The number of carbonyl (C=O) groups excluding carboxylic acids is 1. The molecule has 1 heterocycles. The lowest BCUT2D eigenvalue weighted by Gasteiger charge is -2.07. The smallest absolute Gasteiger partial charge is 0.358 e. The Bertz CT molecular complexity index is 558. The first kappa shape index (κ1) is 12.7. The van der Waals surface area contributed by atoms with E-state index < -0.39 is 5.97 Å². The largest absolute Gasteiger partial charge is 0.456 e. The minimum atomic E-state index is -0.470. The van der Waals surface area contributed by atoms with Crippen LogP contribution in [0.25, 0.3) is 0 Å². The maximum Gasteiger partial charge on any atom is 0.358 e. The summed E-state index contributed by atoms with van der Waals surface area (Å²) >= 11 is 3.39. The zero-order chi connectivity index (χ0) is 13.0. The average molecular weight is 307 g/mol. The van der Waals surface area contributed by atoms with Crippen LogP contribution in [0.2, 0.25) is 0 Å². The lowest BCUT2D eigenvalue weighted by atomic mass is 10.1. The number of benzene rings is 1. The summed E-state index contributed by atoms with van der Waals surface area (Å²) in [7, 11) is 0. The summed E-state index contributed by atoms with van der Waals surface area (Å²) in [4.78, 5) is 19.4. The van der Waals surface area contributed by atoms with Crippen LogP contribution in [0.4, 0.5) is 0 Å². The summed E-state index contributed by atoms with van der Waals surface area (Å²) < 4.78 is 6.14. The molecule has 0 saturated heterocycles. The van der Waals surface area contributed by atoms with Crippen LogP contribution in [-0.4, -0.2) is 15.9 Å². The second kappa shape index (κ2) is 5.73. The van der Waals surface area contributed by atoms with Gasteiger partial charge in [0, 0.05) is 16.9 Å². The van der Waals surface area contributed by atoms with Gasteiger partial charge < -0.3 is 4.74 Å². The van der Waals surface area contributed by atoms with Crippen molar-refractivity contribution in [3.05, 3.63) is 58.1 Å². The van der Waals surface area contributed by atoms with Crippen LogP contribution in [0.5, 0.6) is 0 Å². The van der Waals surface area contributed by atoms with Crippen molar-refractivity contribution in [1.82, 2.24) is 9.97 Å². The van der Waals surface area contributed by atoms with Crippen molar-refractivity contribution in [1.29, 1.82) is 0 Å². The Kier molecular flexibility index (Phi) is 4.04. The van der Waals surface area contributed by atoms with Crippen molar-refractivity contribution in [2.45, 2.75) is 13.5 Å². The molecule has 2 rings (SSSR count). The van der Waals surface area contributed by atoms with E-state index in [4.69, 9.17) is 4.74 Å². The molecule has 5 heteroatoms. The fraction of sp³-hybridized carbons (Fsp3) is 0.154. The van der Waals surface area contributed by atoms with E-state index in [2.05, 4.69) is 25.9 Å². The van der Waals surface area contributed by atoms with Gasteiger partial charge in [-0.25, -0.2) is 9.78 Å². The second-order valence-corrected chi connectivity index (χ2v) is 4.65. The number of ether oxygens (including phenoxy) is 1. The number of nitrogens with zero attached hydrogens (tertiary/aromatic N) is 2. The maximum absolute atomic E-state index is 11.7. The molecule has 2 aromatic rings. The van der Waals surface area contributed by atoms with E-state index in [0.717, 1.165) is 15.6 Å². The van der Waals surface area contributed by atoms with Crippen molar-refractivity contribution in [2.24, 2.45) is 0 Å². The van der Waals surface area contributed by atoms with Gasteiger partial charge in [-0.15, -0.1) is 0 Å². The zero-order valence-electron chi connectivity index (χ0n) is 9.76. The molecule has 0 fully saturated rings. The van der Waals surface area contributed by atoms with Crippen LogP contribution < -0.4 is 0 Å². The predicted molar refractivity (Wildman–Crippen MR) is 70.0 cm³/mol.